The predicted octanol–water partition coefficient (Wildman–Crippen LogP) is 3.73. The molecule has 0 aromatic heterocycles. The van der Waals surface area contributed by atoms with Gasteiger partial charge in [-0.2, -0.15) is 0 Å². The Morgan fingerprint density at radius 3 is 2.54 bits per heavy atom. The molecule has 24 heavy (non-hydrogen) atoms. The Morgan fingerprint density at radius 2 is 1.92 bits per heavy atom. The second kappa shape index (κ2) is 6.61. The van der Waals surface area contributed by atoms with Crippen molar-refractivity contribution in [2.75, 3.05) is 14.2 Å². The lowest BCUT2D eigenvalue weighted by Crippen LogP contribution is -2.07. The zero-order valence-corrected chi connectivity index (χ0v) is 13.6. The second-order valence-electron chi connectivity index (χ2n) is 5.92. The standard InChI is InChI=1S/C19H19FO4/c1-23-13-6-8-17(20)15(10-13)14-7-5-12(19(22)24-2)9-16(14)18(21)11-3-4-11/h5-11,18,21H,3-4H2,1-2H3. The molecule has 0 bridgehead atoms. The first-order chi connectivity index (χ1) is 11.5. The van der Waals surface area contributed by atoms with Gasteiger partial charge in [0.2, 0.25) is 0 Å². The first-order valence-electron chi connectivity index (χ1n) is 7.79. The van der Waals surface area contributed by atoms with Crippen LogP contribution in [-0.2, 0) is 4.74 Å². The van der Waals surface area contributed by atoms with Gasteiger partial charge >= 0.3 is 5.97 Å². The van der Waals surface area contributed by atoms with Crippen molar-refractivity contribution in [1.29, 1.82) is 0 Å². The summed E-state index contributed by atoms with van der Waals surface area (Å²) >= 11 is 0. The number of aliphatic hydroxyl groups excluding tert-OH is 1. The number of halogens is 1. The molecule has 126 valence electrons. The number of esters is 1. The van der Waals surface area contributed by atoms with Crippen LogP contribution in [0, 0.1) is 11.7 Å². The van der Waals surface area contributed by atoms with Crippen LogP contribution in [0.2, 0.25) is 0 Å². The number of rotatable bonds is 5. The topological polar surface area (TPSA) is 55.8 Å². The van der Waals surface area contributed by atoms with E-state index in [9.17, 15) is 14.3 Å². The first kappa shape index (κ1) is 16.5. The molecule has 1 unspecified atom stereocenters. The molecule has 1 saturated carbocycles. The largest absolute Gasteiger partial charge is 0.497 e. The van der Waals surface area contributed by atoms with E-state index in [2.05, 4.69) is 0 Å². The summed E-state index contributed by atoms with van der Waals surface area (Å²) in [7, 11) is 2.81. The third-order valence-electron chi connectivity index (χ3n) is 4.32. The Labute approximate surface area is 139 Å². The lowest BCUT2D eigenvalue weighted by Gasteiger charge is -2.17. The Morgan fingerprint density at radius 1 is 1.17 bits per heavy atom. The van der Waals surface area contributed by atoms with Gasteiger partial charge in [-0.1, -0.05) is 6.07 Å². The van der Waals surface area contributed by atoms with E-state index < -0.39 is 17.9 Å². The van der Waals surface area contributed by atoms with Crippen LogP contribution in [0.1, 0.15) is 34.9 Å². The van der Waals surface area contributed by atoms with Crippen LogP contribution in [0.25, 0.3) is 11.1 Å². The van der Waals surface area contributed by atoms with Crippen LogP contribution in [0.15, 0.2) is 36.4 Å². The molecule has 0 spiro atoms. The van der Waals surface area contributed by atoms with Crippen LogP contribution in [0.3, 0.4) is 0 Å². The van der Waals surface area contributed by atoms with E-state index in [1.165, 1.54) is 20.3 Å². The average Bonchev–Trinajstić information content (AvgIpc) is 3.45. The molecule has 1 aliphatic carbocycles. The van der Waals surface area contributed by atoms with Crippen LogP contribution in [-0.4, -0.2) is 25.3 Å². The molecule has 1 N–H and O–H groups in total. The van der Waals surface area contributed by atoms with Crippen LogP contribution < -0.4 is 4.74 Å². The molecular weight excluding hydrogens is 311 g/mol. The molecule has 1 fully saturated rings. The van der Waals surface area contributed by atoms with E-state index in [-0.39, 0.29) is 5.92 Å². The van der Waals surface area contributed by atoms with Gasteiger partial charge in [0.15, 0.2) is 0 Å². The summed E-state index contributed by atoms with van der Waals surface area (Å²) < 4.78 is 24.3. The number of ether oxygens (including phenoxy) is 2. The summed E-state index contributed by atoms with van der Waals surface area (Å²) in [4.78, 5) is 11.8. The van der Waals surface area contributed by atoms with Gasteiger partial charge in [0.05, 0.1) is 25.9 Å². The Bertz CT molecular complexity index is 768. The molecule has 5 heteroatoms. The van der Waals surface area contributed by atoms with E-state index in [1.54, 1.807) is 30.3 Å². The van der Waals surface area contributed by atoms with Crippen molar-refractivity contribution >= 4 is 5.97 Å². The molecule has 0 radical (unpaired) electrons. The Kier molecular flexibility index (Phi) is 4.53. The van der Waals surface area contributed by atoms with Gasteiger partial charge in [-0.15, -0.1) is 0 Å². The fourth-order valence-corrected chi connectivity index (χ4v) is 2.80. The summed E-state index contributed by atoms with van der Waals surface area (Å²) in [6.07, 6.45) is 1.10. The van der Waals surface area contributed by atoms with Crippen LogP contribution in [0.5, 0.6) is 5.75 Å². The fourth-order valence-electron chi connectivity index (χ4n) is 2.80. The molecule has 3 rings (SSSR count). The van der Waals surface area contributed by atoms with Crippen molar-refractivity contribution in [2.24, 2.45) is 5.92 Å². The van der Waals surface area contributed by atoms with Crippen molar-refractivity contribution in [3.8, 4) is 16.9 Å². The van der Waals surface area contributed by atoms with E-state index in [0.29, 0.717) is 28.0 Å². The summed E-state index contributed by atoms with van der Waals surface area (Å²) in [5.74, 6) is -0.233. The van der Waals surface area contributed by atoms with Crippen molar-refractivity contribution in [3.63, 3.8) is 0 Å². The number of aliphatic hydroxyl groups is 1. The molecule has 2 aromatic rings. The number of methoxy groups -OCH3 is 2. The van der Waals surface area contributed by atoms with Gasteiger partial charge in [-0.25, -0.2) is 9.18 Å². The minimum Gasteiger partial charge on any atom is -0.497 e. The van der Waals surface area contributed by atoms with Gasteiger partial charge in [-0.05, 0) is 60.2 Å². The first-order valence-corrected chi connectivity index (χ1v) is 7.79. The fraction of sp³-hybridized carbons (Fsp3) is 0.316. The number of benzene rings is 2. The monoisotopic (exact) mass is 330 g/mol. The van der Waals surface area contributed by atoms with E-state index in [1.807, 2.05) is 0 Å². The van der Waals surface area contributed by atoms with Crippen molar-refractivity contribution < 1.29 is 23.8 Å². The maximum absolute atomic E-state index is 14.3. The SMILES string of the molecule is COC(=O)c1ccc(-c2cc(OC)ccc2F)c(C(O)C2CC2)c1. The van der Waals surface area contributed by atoms with Gasteiger partial charge in [-0.3, -0.25) is 0 Å². The van der Waals surface area contributed by atoms with E-state index in [0.717, 1.165) is 12.8 Å². The third-order valence-corrected chi connectivity index (χ3v) is 4.32. The van der Waals surface area contributed by atoms with Crippen molar-refractivity contribution in [2.45, 2.75) is 18.9 Å². The highest BCUT2D eigenvalue weighted by atomic mass is 19.1. The normalized spacial score (nSPS) is 15.0. The molecule has 0 heterocycles. The Hall–Kier alpha value is -2.40. The maximum atomic E-state index is 14.3. The molecule has 0 saturated heterocycles. The third kappa shape index (κ3) is 3.12. The molecular formula is C19H19FO4. The number of hydrogen-bond acceptors (Lipinski definition) is 4. The van der Waals surface area contributed by atoms with Gasteiger partial charge in [0.1, 0.15) is 11.6 Å². The minimum atomic E-state index is -0.741. The average molecular weight is 330 g/mol. The van der Waals surface area contributed by atoms with E-state index >= 15 is 0 Å². The zero-order valence-electron chi connectivity index (χ0n) is 13.6. The minimum absolute atomic E-state index is 0.144. The quantitative estimate of drug-likeness (QED) is 0.849. The van der Waals surface area contributed by atoms with Crippen molar-refractivity contribution in [3.05, 3.63) is 53.3 Å². The molecule has 1 atom stereocenters. The lowest BCUT2D eigenvalue weighted by molar-refractivity contribution is 0.0600. The number of carbonyl (C=O) groups excluding carboxylic acids is 1. The smallest absolute Gasteiger partial charge is 0.337 e. The number of carbonyl (C=O) groups is 1. The Balaban J connectivity index is 2.14. The molecule has 1 aliphatic rings. The molecule has 0 amide bonds. The number of hydrogen-bond donors (Lipinski definition) is 1. The molecule has 2 aromatic carbocycles. The van der Waals surface area contributed by atoms with Crippen LogP contribution >= 0.6 is 0 Å². The predicted molar refractivity (Wildman–Crippen MR) is 87.4 cm³/mol. The van der Waals surface area contributed by atoms with Gasteiger partial charge in [0, 0.05) is 5.56 Å². The summed E-state index contributed by atoms with van der Waals surface area (Å²) in [6, 6.07) is 9.26. The van der Waals surface area contributed by atoms with Crippen LogP contribution in [0.4, 0.5) is 4.39 Å². The molecule has 0 aliphatic heterocycles. The second-order valence-corrected chi connectivity index (χ2v) is 5.92. The van der Waals surface area contributed by atoms with Gasteiger partial charge in [0.25, 0.3) is 0 Å². The molecule has 4 nitrogen and oxygen atoms in total. The summed E-state index contributed by atoms with van der Waals surface area (Å²) in [5, 5.41) is 10.6. The highest BCUT2D eigenvalue weighted by Crippen LogP contribution is 2.44. The zero-order chi connectivity index (χ0) is 17.3. The maximum Gasteiger partial charge on any atom is 0.337 e. The lowest BCUT2D eigenvalue weighted by atomic mass is 9.92. The van der Waals surface area contributed by atoms with Crippen molar-refractivity contribution in [1.82, 2.24) is 0 Å². The summed E-state index contributed by atoms with van der Waals surface area (Å²) in [5.41, 5.74) is 1.76. The highest BCUT2D eigenvalue weighted by molar-refractivity contribution is 5.90. The van der Waals surface area contributed by atoms with Gasteiger partial charge < -0.3 is 14.6 Å². The summed E-state index contributed by atoms with van der Waals surface area (Å²) in [6.45, 7) is 0. The highest BCUT2D eigenvalue weighted by Gasteiger charge is 2.33. The van der Waals surface area contributed by atoms with E-state index in [4.69, 9.17) is 9.47 Å².